The van der Waals surface area contributed by atoms with Crippen molar-refractivity contribution >= 4 is 96.9 Å². The maximum atomic E-state index is 5.52. The van der Waals surface area contributed by atoms with Gasteiger partial charge in [0.05, 0.1) is 44.5 Å². The summed E-state index contributed by atoms with van der Waals surface area (Å²) >= 11 is 1.85. The first-order chi connectivity index (χ1) is 32.2. The van der Waals surface area contributed by atoms with Gasteiger partial charge in [-0.2, -0.15) is 0 Å². The highest BCUT2D eigenvalue weighted by atomic mass is 32.1. The first-order valence-corrected chi connectivity index (χ1v) is 22.9. The smallest absolute Gasteiger partial charge is 0.0972 e. The molecule has 9 aromatic carbocycles. The van der Waals surface area contributed by atoms with Gasteiger partial charge in [0.1, 0.15) is 0 Å². The van der Waals surface area contributed by atoms with Crippen molar-refractivity contribution in [3.8, 4) is 45.0 Å². The third kappa shape index (κ3) is 5.62. The van der Waals surface area contributed by atoms with E-state index in [1.54, 1.807) is 0 Å². The van der Waals surface area contributed by atoms with E-state index in [-0.39, 0.29) is 0 Å². The van der Waals surface area contributed by atoms with Crippen LogP contribution in [0.2, 0.25) is 0 Å². The number of thiophene rings is 1. The number of hydrogen-bond donors (Lipinski definition) is 0. The summed E-state index contributed by atoms with van der Waals surface area (Å²) in [5.74, 6) is 0. The molecule has 0 aliphatic heterocycles. The minimum Gasteiger partial charge on any atom is -0.309 e. The fraction of sp³-hybridized carbons (Fsp3) is 0. The molecule has 0 aliphatic rings. The van der Waals surface area contributed by atoms with Gasteiger partial charge in [-0.15, -0.1) is 11.3 Å². The standard InChI is InChI=1S/C60H36N4S/c1-6-16-53-45(11-1)46-12-2-7-17-54(46)63(53)43-33-42(34-44(36-43)64-55-18-8-3-13-47(55)48-14-4-9-19-56(48)64)52-31-28-40-26-25-39-27-30-51(61-59(39)60(40)62-52)38-23-21-37(22-24-38)41-29-32-58-50(35-41)49-15-5-10-20-57(49)65-58/h1-36H. The van der Waals surface area contributed by atoms with Gasteiger partial charge in [-0.25, -0.2) is 9.97 Å². The van der Waals surface area contributed by atoms with E-state index in [0.29, 0.717) is 0 Å². The van der Waals surface area contributed by atoms with Crippen molar-refractivity contribution in [1.82, 2.24) is 19.1 Å². The molecule has 0 amide bonds. The summed E-state index contributed by atoms with van der Waals surface area (Å²) in [5, 5.41) is 9.65. The minimum atomic E-state index is 0.885. The zero-order chi connectivity index (χ0) is 42.6. The van der Waals surface area contributed by atoms with Crippen molar-refractivity contribution in [2.45, 2.75) is 0 Å². The van der Waals surface area contributed by atoms with Gasteiger partial charge >= 0.3 is 0 Å². The summed E-state index contributed by atoms with van der Waals surface area (Å²) in [4.78, 5) is 10.9. The largest absolute Gasteiger partial charge is 0.309 e. The Kier molecular flexibility index (Phi) is 7.82. The Morgan fingerprint density at radius 1 is 0.292 bits per heavy atom. The van der Waals surface area contributed by atoms with Crippen molar-refractivity contribution in [2.75, 3.05) is 0 Å². The van der Waals surface area contributed by atoms with Gasteiger partial charge in [0.15, 0.2) is 0 Å². The molecule has 0 radical (unpaired) electrons. The van der Waals surface area contributed by atoms with Crippen LogP contribution in [0, 0.1) is 0 Å². The Morgan fingerprint density at radius 3 is 1.25 bits per heavy atom. The van der Waals surface area contributed by atoms with Crippen molar-refractivity contribution in [2.24, 2.45) is 0 Å². The normalized spacial score (nSPS) is 12.0. The maximum Gasteiger partial charge on any atom is 0.0972 e. The average molecular weight is 845 g/mol. The van der Waals surface area contributed by atoms with Crippen LogP contribution in [-0.4, -0.2) is 19.1 Å². The van der Waals surface area contributed by atoms with Gasteiger partial charge in [-0.05, 0) is 83.9 Å². The number of rotatable bonds is 5. The number of pyridine rings is 2. The average Bonchev–Trinajstić information content (AvgIpc) is 4.03. The lowest BCUT2D eigenvalue weighted by Gasteiger charge is -2.16. The number of nitrogens with zero attached hydrogens (tertiary/aromatic N) is 4. The van der Waals surface area contributed by atoms with Gasteiger partial charge in [0.25, 0.3) is 0 Å². The molecule has 0 N–H and O–H groups in total. The molecule has 0 saturated heterocycles. The third-order valence-electron chi connectivity index (χ3n) is 13.3. The van der Waals surface area contributed by atoms with Crippen LogP contribution in [-0.2, 0) is 0 Å². The number of hydrogen-bond acceptors (Lipinski definition) is 3. The fourth-order valence-corrected chi connectivity index (χ4v) is 11.3. The Morgan fingerprint density at radius 2 is 0.708 bits per heavy atom. The molecule has 0 saturated carbocycles. The van der Waals surface area contributed by atoms with E-state index >= 15 is 0 Å². The first kappa shape index (κ1) is 36.1. The second kappa shape index (κ2) is 14.1. The van der Waals surface area contributed by atoms with Gasteiger partial charge in [-0.1, -0.05) is 146 Å². The first-order valence-electron chi connectivity index (χ1n) is 22.1. The SMILES string of the molecule is c1ccc2c(c1)sc1ccc(-c3ccc(-c4ccc5ccc6ccc(-c7cc(-n8c9ccccc9c9ccccc98)cc(-n8c9ccccc9c9ccccc98)c7)nc6c5n4)cc3)cc12. The van der Waals surface area contributed by atoms with Crippen molar-refractivity contribution in [1.29, 1.82) is 0 Å². The number of para-hydroxylation sites is 4. The van der Waals surface area contributed by atoms with Crippen molar-refractivity contribution < 1.29 is 0 Å². The van der Waals surface area contributed by atoms with E-state index in [0.717, 1.165) is 55.7 Å². The van der Waals surface area contributed by atoms with Crippen LogP contribution in [0.25, 0.3) is 131 Å². The molecule has 0 unspecified atom stereocenters. The molecule has 4 nitrogen and oxygen atoms in total. The number of benzene rings is 9. The Bertz CT molecular complexity index is 4010. The van der Waals surface area contributed by atoms with Crippen LogP contribution >= 0.6 is 11.3 Å². The highest BCUT2D eigenvalue weighted by molar-refractivity contribution is 7.25. The topological polar surface area (TPSA) is 35.6 Å². The Hall–Kier alpha value is -8.38. The van der Waals surface area contributed by atoms with Crippen molar-refractivity contribution in [3.63, 3.8) is 0 Å². The molecule has 0 aliphatic carbocycles. The predicted molar refractivity (Wildman–Crippen MR) is 275 cm³/mol. The summed E-state index contributed by atoms with van der Waals surface area (Å²) in [6.07, 6.45) is 0. The summed E-state index contributed by atoms with van der Waals surface area (Å²) in [7, 11) is 0. The van der Waals surface area contributed by atoms with Gasteiger partial charge < -0.3 is 9.13 Å². The predicted octanol–water partition coefficient (Wildman–Crippen LogP) is 16.3. The van der Waals surface area contributed by atoms with Crippen molar-refractivity contribution in [3.05, 3.63) is 218 Å². The van der Waals surface area contributed by atoms with E-state index in [1.165, 1.54) is 74.9 Å². The van der Waals surface area contributed by atoms with E-state index in [9.17, 15) is 0 Å². The van der Waals surface area contributed by atoms with E-state index in [4.69, 9.17) is 9.97 Å². The zero-order valence-corrected chi connectivity index (χ0v) is 35.8. The van der Waals surface area contributed by atoms with Crippen LogP contribution in [0.4, 0.5) is 0 Å². The highest BCUT2D eigenvalue weighted by Crippen LogP contribution is 2.40. The van der Waals surface area contributed by atoms with Crippen LogP contribution in [0.5, 0.6) is 0 Å². The highest BCUT2D eigenvalue weighted by Gasteiger charge is 2.18. The van der Waals surface area contributed by atoms with E-state index in [1.807, 2.05) is 11.3 Å². The molecule has 65 heavy (non-hydrogen) atoms. The molecule has 0 bridgehead atoms. The molecule has 14 rings (SSSR count). The maximum absolute atomic E-state index is 5.52. The summed E-state index contributed by atoms with van der Waals surface area (Å²) in [6, 6.07) is 79.1. The van der Waals surface area contributed by atoms with Crippen LogP contribution < -0.4 is 0 Å². The fourth-order valence-electron chi connectivity index (χ4n) is 10.2. The van der Waals surface area contributed by atoms with Gasteiger partial charge in [-0.3, -0.25) is 0 Å². The molecular formula is C60H36N4S. The Balaban J connectivity index is 0.930. The molecular weight excluding hydrogens is 809 g/mol. The van der Waals surface area contributed by atoms with Gasteiger partial charge in [0, 0.05) is 75.0 Å². The molecule has 302 valence electrons. The second-order valence-electron chi connectivity index (χ2n) is 17.0. The molecule has 14 aromatic rings. The zero-order valence-electron chi connectivity index (χ0n) is 35.0. The van der Waals surface area contributed by atoms with Crippen LogP contribution in [0.15, 0.2) is 218 Å². The lowest BCUT2D eigenvalue weighted by Crippen LogP contribution is -2.00. The minimum absolute atomic E-state index is 0.885. The number of aromatic nitrogens is 4. The summed E-state index contributed by atoms with van der Waals surface area (Å²) in [5.41, 5.74) is 14.9. The van der Waals surface area contributed by atoms with E-state index in [2.05, 4.69) is 228 Å². The quantitative estimate of drug-likeness (QED) is 0.162. The van der Waals surface area contributed by atoms with Gasteiger partial charge in [0.2, 0.25) is 0 Å². The second-order valence-corrected chi connectivity index (χ2v) is 18.0. The third-order valence-corrected chi connectivity index (χ3v) is 14.4. The summed E-state index contributed by atoms with van der Waals surface area (Å²) < 4.78 is 7.45. The lowest BCUT2D eigenvalue weighted by atomic mass is 10.0. The monoisotopic (exact) mass is 844 g/mol. The van der Waals surface area contributed by atoms with Crippen LogP contribution in [0.3, 0.4) is 0 Å². The summed E-state index contributed by atoms with van der Waals surface area (Å²) in [6.45, 7) is 0. The molecule has 0 fully saturated rings. The molecule has 5 heterocycles. The molecule has 5 aromatic heterocycles. The Labute approximate surface area is 377 Å². The van der Waals surface area contributed by atoms with Crippen LogP contribution in [0.1, 0.15) is 0 Å². The van der Waals surface area contributed by atoms with E-state index < -0.39 is 0 Å². The molecule has 5 heteroatoms. The molecule has 0 spiro atoms. The number of fused-ring (bicyclic) bond motifs is 12. The lowest BCUT2D eigenvalue weighted by molar-refractivity contribution is 1.13. The molecule has 0 atom stereocenters.